The molecule has 2 aromatic carbocycles. The maximum Gasteiger partial charge on any atom is 0.573 e. The van der Waals surface area contributed by atoms with E-state index in [1.807, 2.05) is 30.3 Å². The van der Waals surface area contributed by atoms with Crippen LogP contribution in [0.15, 0.2) is 77.7 Å². The van der Waals surface area contributed by atoms with E-state index in [-0.39, 0.29) is 35.2 Å². The van der Waals surface area contributed by atoms with Crippen LogP contribution in [0, 0.1) is 0 Å². The Hall–Kier alpha value is -4.52. The lowest BCUT2D eigenvalue weighted by Crippen LogP contribution is -2.23. The number of carbonyl (C=O) groups excluding carboxylic acids is 2. The first kappa shape index (κ1) is 29.5. The molecule has 0 aliphatic carbocycles. The average Bonchev–Trinajstić information content (AvgIpc) is 3.40. The smallest absolute Gasteiger partial charge is 0.406 e. The molecule has 9 nitrogen and oxygen atoms in total. The van der Waals surface area contributed by atoms with E-state index in [0.717, 1.165) is 16.9 Å². The van der Waals surface area contributed by atoms with E-state index < -0.39 is 12.3 Å². The molecule has 0 bridgehead atoms. The molecule has 41 heavy (non-hydrogen) atoms. The molecule has 4 rings (SSSR count). The summed E-state index contributed by atoms with van der Waals surface area (Å²) in [7, 11) is 0. The topological polar surface area (TPSA) is 115 Å². The number of unbranched alkanes of at least 4 members (excludes halogenated alkanes) is 1. The van der Waals surface area contributed by atoms with Crippen molar-refractivity contribution < 1.29 is 27.5 Å². The number of benzene rings is 2. The number of halogens is 3. The third-order valence-corrected chi connectivity index (χ3v) is 6.75. The van der Waals surface area contributed by atoms with Gasteiger partial charge >= 0.3 is 6.36 Å². The minimum absolute atomic E-state index is 0.00689. The van der Waals surface area contributed by atoms with Crippen molar-refractivity contribution in [2.45, 2.75) is 45.1 Å². The van der Waals surface area contributed by atoms with Gasteiger partial charge in [-0.1, -0.05) is 53.8 Å². The highest BCUT2D eigenvalue weighted by atomic mass is 32.1. The van der Waals surface area contributed by atoms with Crippen molar-refractivity contribution >= 4 is 28.8 Å². The maximum atomic E-state index is 12.5. The SMILES string of the molecule is O=C(Cc1ccccc1)Nc1ccn(CCCCc2nnc(C(=O)NCc3cccc(OC(F)(F)F)c3)s2)c(=O)c1. The number of ether oxygens (including phenoxy) is 1. The third kappa shape index (κ3) is 9.57. The van der Waals surface area contributed by atoms with Gasteiger partial charge in [-0.2, -0.15) is 0 Å². The minimum Gasteiger partial charge on any atom is -0.406 e. The summed E-state index contributed by atoms with van der Waals surface area (Å²) < 4.78 is 42.7. The molecular formula is C28H26F3N5O4S. The second-order valence-electron chi connectivity index (χ2n) is 8.99. The van der Waals surface area contributed by atoms with Gasteiger partial charge in [0.2, 0.25) is 10.9 Å². The van der Waals surface area contributed by atoms with E-state index >= 15 is 0 Å². The Morgan fingerprint density at radius 1 is 0.951 bits per heavy atom. The summed E-state index contributed by atoms with van der Waals surface area (Å²) in [5.74, 6) is -1.06. The maximum absolute atomic E-state index is 12.5. The Morgan fingerprint density at radius 2 is 1.73 bits per heavy atom. The number of carbonyl (C=O) groups is 2. The van der Waals surface area contributed by atoms with Crippen LogP contribution in [-0.4, -0.2) is 32.9 Å². The standard InChI is InChI=1S/C28H26F3N5O4S/c29-28(30,31)40-22-10-6-9-20(15-22)18-32-26(39)27-35-34-24(41-27)11-4-5-13-36-14-12-21(17-25(36)38)33-23(37)16-19-7-2-1-3-8-19/h1-3,6-10,12,14-15,17H,4-5,11,13,16,18H2,(H,32,39)(H,33,37). The number of anilines is 1. The van der Waals surface area contributed by atoms with E-state index in [4.69, 9.17) is 0 Å². The summed E-state index contributed by atoms with van der Waals surface area (Å²) in [5.41, 5.74) is 1.52. The summed E-state index contributed by atoms with van der Waals surface area (Å²) in [5, 5.41) is 14.1. The van der Waals surface area contributed by atoms with Gasteiger partial charge in [-0.3, -0.25) is 14.4 Å². The van der Waals surface area contributed by atoms with Crippen molar-refractivity contribution in [1.29, 1.82) is 0 Å². The quantitative estimate of drug-likeness (QED) is 0.232. The van der Waals surface area contributed by atoms with E-state index in [2.05, 4.69) is 25.6 Å². The van der Waals surface area contributed by atoms with Gasteiger partial charge < -0.3 is 19.9 Å². The highest BCUT2D eigenvalue weighted by molar-refractivity contribution is 7.13. The van der Waals surface area contributed by atoms with Crippen molar-refractivity contribution in [3.63, 3.8) is 0 Å². The summed E-state index contributed by atoms with van der Waals surface area (Å²) in [6.45, 7) is 0.466. The summed E-state index contributed by atoms with van der Waals surface area (Å²) in [6, 6.07) is 17.7. The normalized spacial score (nSPS) is 11.2. The number of nitrogens with zero attached hydrogens (tertiary/aromatic N) is 3. The summed E-state index contributed by atoms with van der Waals surface area (Å²) in [4.78, 5) is 37.1. The molecule has 2 aromatic heterocycles. The Balaban J connectivity index is 1.19. The Bertz CT molecular complexity index is 1540. The molecular weight excluding hydrogens is 559 g/mol. The first-order valence-electron chi connectivity index (χ1n) is 12.6. The van der Waals surface area contributed by atoms with Crippen LogP contribution in [-0.2, 0) is 30.7 Å². The first-order valence-corrected chi connectivity index (χ1v) is 13.5. The highest BCUT2D eigenvalue weighted by Gasteiger charge is 2.31. The van der Waals surface area contributed by atoms with Crippen molar-refractivity contribution in [2.24, 2.45) is 0 Å². The molecule has 0 aliphatic rings. The van der Waals surface area contributed by atoms with Crippen LogP contribution in [0.2, 0.25) is 0 Å². The number of amides is 2. The molecule has 0 unspecified atom stereocenters. The molecule has 2 heterocycles. The molecule has 4 aromatic rings. The zero-order chi connectivity index (χ0) is 29.2. The van der Waals surface area contributed by atoms with E-state index in [1.165, 1.54) is 24.3 Å². The fraction of sp³-hybridized carbons (Fsp3) is 0.250. The second kappa shape index (κ2) is 13.7. The molecule has 0 saturated carbocycles. The number of hydrogen-bond acceptors (Lipinski definition) is 7. The van der Waals surface area contributed by atoms with E-state index in [0.29, 0.717) is 42.1 Å². The van der Waals surface area contributed by atoms with Gasteiger partial charge in [-0.05, 0) is 42.2 Å². The van der Waals surface area contributed by atoms with Gasteiger partial charge in [0.05, 0.1) is 6.42 Å². The van der Waals surface area contributed by atoms with Crippen LogP contribution in [0.1, 0.15) is 38.8 Å². The molecule has 0 spiro atoms. The first-order chi connectivity index (χ1) is 19.6. The van der Waals surface area contributed by atoms with Crippen LogP contribution >= 0.6 is 11.3 Å². The number of aromatic nitrogens is 3. The molecule has 0 atom stereocenters. The third-order valence-electron chi connectivity index (χ3n) is 5.77. The van der Waals surface area contributed by atoms with Crippen LogP contribution in [0.4, 0.5) is 18.9 Å². The zero-order valence-electron chi connectivity index (χ0n) is 21.7. The minimum atomic E-state index is -4.80. The van der Waals surface area contributed by atoms with Crippen LogP contribution in [0.25, 0.3) is 0 Å². The summed E-state index contributed by atoms with van der Waals surface area (Å²) >= 11 is 1.13. The van der Waals surface area contributed by atoms with Crippen molar-refractivity contribution in [3.05, 3.63) is 104 Å². The molecule has 13 heteroatoms. The van der Waals surface area contributed by atoms with Crippen molar-refractivity contribution in [2.75, 3.05) is 5.32 Å². The van der Waals surface area contributed by atoms with Gasteiger partial charge in [-0.25, -0.2) is 0 Å². The Labute approximate surface area is 237 Å². The lowest BCUT2D eigenvalue weighted by Gasteiger charge is -2.10. The number of alkyl halides is 3. The van der Waals surface area contributed by atoms with Gasteiger partial charge in [0.1, 0.15) is 10.8 Å². The van der Waals surface area contributed by atoms with Crippen LogP contribution in [0.3, 0.4) is 0 Å². The fourth-order valence-corrected chi connectivity index (χ4v) is 4.67. The van der Waals surface area contributed by atoms with Gasteiger partial charge in [0.15, 0.2) is 0 Å². The van der Waals surface area contributed by atoms with Crippen molar-refractivity contribution in [3.8, 4) is 5.75 Å². The van der Waals surface area contributed by atoms with Crippen LogP contribution in [0.5, 0.6) is 5.75 Å². The predicted octanol–water partition coefficient (Wildman–Crippen LogP) is 4.73. The fourth-order valence-electron chi connectivity index (χ4n) is 3.87. The lowest BCUT2D eigenvalue weighted by molar-refractivity contribution is -0.274. The average molecular weight is 586 g/mol. The molecule has 0 saturated heterocycles. The molecule has 2 amide bonds. The van der Waals surface area contributed by atoms with Crippen molar-refractivity contribution in [1.82, 2.24) is 20.1 Å². The predicted molar refractivity (Wildman–Crippen MR) is 147 cm³/mol. The Morgan fingerprint density at radius 3 is 2.49 bits per heavy atom. The number of aryl methyl sites for hydroxylation is 2. The summed E-state index contributed by atoms with van der Waals surface area (Å²) in [6.07, 6.45) is -1.01. The van der Waals surface area contributed by atoms with Crippen LogP contribution < -0.4 is 20.9 Å². The highest BCUT2D eigenvalue weighted by Crippen LogP contribution is 2.23. The molecule has 2 N–H and O–H groups in total. The monoisotopic (exact) mass is 585 g/mol. The molecule has 0 fully saturated rings. The largest absolute Gasteiger partial charge is 0.573 e. The van der Waals surface area contributed by atoms with Gasteiger partial charge in [-0.15, -0.1) is 23.4 Å². The molecule has 0 radical (unpaired) electrons. The number of nitrogens with one attached hydrogen (secondary N) is 2. The number of hydrogen-bond donors (Lipinski definition) is 2. The molecule has 214 valence electrons. The Kier molecular flexibility index (Phi) is 9.85. The second-order valence-corrected chi connectivity index (χ2v) is 10.1. The van der Waals surface area contributed by atoms with E-state index in [9.17, 15) is 27.6 Å². The zero-order valence-corrected chi connectivity index (χ0v) is 22.5. The number of pyridine rings is 1. The van der Waals surface area contributed by atoms with Gasteiger partial charge in [0, 0.05) is 37.5 Å². The van der Waals surface area contributed by atoms with E-state index in [1.54, 1.807) is 22.9 Å². The number of rotatable bonds is 12. The molecule has 0 aliphatic heterocycles. The van der Waals surface area contributed by atoms with Gasteiger partial charge in [0.25, 0.3) is 11.5 Å². The lowest BCUT2D eigenvalue weighted by atomic mass is 10.1.